The van der Waals surface area contributed by atoms with Crippen LogP contribution in [-0.2, 0) is 24.4 Å². The van der Waals surface area contributed by atoms with Crippen LogP contribution in [0.2, 0.25) is 0 Å². The molecule has 0 atom stereocenters. The highest BCUT2D eigenvalue weighted by atomic mass is 32.1. The van der Waals surface area contributed by atoms with E-state index >= 15 is 0 Å². The van der Waals surface area contributed by atoms with Crippen LogP contribution in [0.15, 0.2) is 33.9 Å². The summed E-state index contributed by atoms with van der Waals surface area (Å²) in [7, 11) is 1.60. The number of hydrogen-bond acceptors (Lipinski definition) is 7. The monoisotopic (exact) mass is 471 g/mol. The van der Waals surface area contributed by atoms with Crippen molar-refractivity contribution in [3.8, 4) is 5.75 Å². The van der Waals surface area contributed by atoms with Gasteiger partial charge in [-0.1, -0.05) is 30.4 Å². The number of nitrogens with zero attached hydrogens (tertiary/aromatic N) is 4. The second-order valence-corrected chi connectivity index (χ2v) is 9.12. The Bertz CT molecular complexity index is 1240. The van der Waals surface area contributed by atoms with E-state index in [9.17, 15) is 14.4 Å². The van der Waals surface area contributed by atoms with Crippen molar-refractivity contribution in [1.82, 2.24) is 19.4 Å². The lowest BCUT2D eigenvalue weighted by atomic mass is 10.1. The number of benzene rings is 1. The molecule has 3 aromatic rings. The summed E-state index contributed by atoms with van der Waals surface area (Å²) in [6, 6.07) is 7.40. The van der Waals surface area contributed by atoms with Gasteiger partial charge in [0.15, 0.2) is 10.8 Å². The third-order valence-electron chi connectivity index (χ3n) is 5.78. The van der Waals surface area contributed by atoms with Crippen LogP contribution < -0.4 is 26.2 Å². The molecule has 1 fully saturated rings. The average Bonchev–Trinajstić information content (AvgIpc) is 3.30. The van der Waals surface area contributed by atoms with Gasteiger partial charge in [-0.2, -0.15) is 0 Å². The first-order chi connectivity index (χ1) is 16.0. The number of piperidine rings is 1. The Hall–Kier alpha value is -3.14. The molecular weight excluding hydrogens is 442 g/mol. The van der Waals surface area contributed by atoms with E-state index in [-0.39, 0.29) is 18.0 Å². The molecule has 1 aliphatic heterocycles. The van der Waals surface area contributed by atoms with Gasteiger partial charge in [0.25, 0.3) is 5.56 Å². The number of thiazole rings is 1. The van der Waals surface area contributed by atoms with Crippen molar-refractivity contribution in [1.29, 1.82) is 0 Å². The highest BCUT2D eigenvalue weighted by Crippen LogP contribution is 2.28. The largest absolute Gasteiger partial charge is 0.497 e. The van der Waals surface area contributed by atoms with Gasteiger partial charge in [-0.3, -0.25) is 18.7 Å². The van der Waals surface area contributed by atoms with Crippen molar-refractivity contribution in [2.75, 3.05) is 25.1 Å². The number of rotatable bonds is 8. The smallest absolute Gasteiger partial charge is 0.333 e. The quantitative estimate of drug-likeness (QED) is 0.542. The maximum Gasteiger partial charge on any atom is 0.333 e. The summed E-state index contributed by atoms with van der Waals surface area (Å²) in [6.07, 6.45) is 3.99. The third kappa shape index (κ3) is 4.95. The summed E-state index contributed by atoms with van der Waals surface area (Å²) < 4.78 is 8.13. The van der Waals surface area contributed by atoms with Gasteiger partial charge in [-0.15, -0.1) is 0 Å². The second kappa shape index (κ2) is 10.2. The SMILES string of the molecule is CCCn1c(=O)c2sc(N3CCCCC3)nc2n(CC(=O)NCc2ccc(OC)cc2)c1=O. The number of hydrogen-bond donors (Lipinski definition) is 1. The molecule has 1 saturated heterocycles. The maximum atomic E-state index is 13.1. The molecule has 33 heavy (non-hydrogen) atoms. The standard InChI is InChI=1S/C23H29N5O4S/c1-3-11-27-21(30)19-20(25-22(33-19)26-12-5-4-6-13-26)28(23(27)31)15-18(29)24-14-16-7-9-17(32-2)10-8-16/h7-10H,3-6,11-15H2,1-2H3,(H,24,29). The van der Waals surface area contributed by atoms with Crippen LogP contribution in [0.3, 0.4) is 0 Å². The summed E-state index contributed by atoms with van der Waals surface area (Å²) in [4.78, 5) is 45.7. The first-order valence-electron chi connectivity index (χ1n) is 11.3. The fourth-order valence-corrected chi connectivity index (χ4v) is 5.07. The number of carbonyl (C=O) groups excluding carboxylic acids is 1. The van der Waals surface area contributed by atoms with Crippen LogP contribution in [0.5, 0.6) is 5.75 Å². The summed E-state index contributed by atoms with van der Waals surface area (Å²) >= 11 is 1.31. The van der Waals surface area contributed by atoms with Crippen LogP contribution in [0, 0.1) is 0 Å². The van der Waals surface area contributed by atoms with Crippen LogP contribution in [0.25, 0.3) is 10.3 Å². The summed E-state index contributed by atoms with van der Waals surface area (Å²) in [5, 5.41) is 3.59. The molecule has 4 rings (SSSR count). The van der Waals surface area contributed by atoms with Gasteiger partial charge < -0.3 is 15.0 Å². The van der Waals surface area contributed by atoms with Gasteiger partial charge in [-0.05, 0) is 43.4 Å². The van der Waals surface area contributed by atoms with E-state index in [0.717, 1.165) is 42.4 Å². The number of methoxy groups -OCH3 is 1. The minimum absolute atomic E-state index is 0.196. The number of amides is 1. The summed E-state index contributed by atoms with van der Waals surface area (Å²) in [6.45, 7) is 4.11. The number of fused-ring (bicyclic) bond motifs is 1. The van der Waals surface area contributed by atoms with Crippen LogP contribution in [0.1, 0.15) is 38.2 Å². The molecule has 0 unspecified atom stereocenters. The van der Waals surface area contributed by atoms with Gasteiger partial charge >= 0.3 is 5.69 Å². The fourth-order valence-electron chi connectivity index (χ4n) is 4.00. The van der Waals surface area contributed by atoms with E-state index in [0.29, 0.717) is 29.9 Å². The van der Waals surface area contributed by atoms with Gasteiger partial charge in [0.05, 0.1) is 7.11 Å². The Kier molecular flexibility index (Phi) is 7.12. The van der Waals surface area contributed by atoms with Crippen LogP contribution >= 0.6 is 11.3 Å². The first kappa shape index (κ1) is 23.0. The van der Waals surface area contributed by atoms with E-state index in [1.54, 1.807) is 7.11 Å². The van der Waals surface area contributed by atoms with Gasteiger partial charge in [0, 0.05) is 26.2 Å². The molecule has 10 heteroatoms. The minimum atomic E-state index is -0.496. The topological polar surface area (TPSA) is 98.5 Å². The zero-order chi connectivity index (χ0) is 23.4. The van der Waals surface area contributed by atoms with Crippen molar-refractivity contribution < 1.29 is 9.53 Å². The lowest BCUT2D eigenvalue weighted by Crippen LogP contribution is -2.42. The maximum absolute atomic E-state index is 13.1. The second-order valence-electron chi connectivity index (χ2n) is 8.15. The summed E-state index contributed by atoms with van der Waals surface area (Å²) in [5.41, 5.74) is 0.387. The van der Waals surface area contributed by atoms with E-state index in [4.69, 9.17) is 4.74 Å². The van der Waals surface area contributed by atoms with Crippen LogP contribution in [0.4, 0.5) is 5.13 Å². The van der Waals surface area contributed by atoms with Crippen molar-refractivity contribution in [3.63, 3.8) is 0 Å². The molecule has 176 valence electrons. The molecule has 0 aliphatic carbocycles. The molecule has 1 aromatic carbocycles. The molecule has 1 N–H and O–H groups in total. The molecule has 0 radical (unpaired) electrons. The number of anilines is 1. The van der Waals surface area contributed by atoms with Crippen molar-refractivity contribution in [2.24, 2.45) is 0 Å². The number of nitrogens with one attached hydrogen (secondary N) is 1. The average molecular weight is 472 g/mol. The third-order valence-corrected chi connectivity index (χ3v) is 6.87. The summed E-state index contributed by atoms with van der Waals surface area (Å²) in [5.74, 6) is 0.425. The molecular formula is C23H29N5O4S. The number of carbonyl (C=O) groups is 1. The number of ether oxygens (including phenoxy) is 1. The molecule has 0 spiro atoms. The van der Waals surface area contributed by atoms with E-state index in [2.05, 4.69) is 15.2 Å². The van der Waals surface area contributed by atoms with Crippen molar-refractivity contribution in [2.45, 2.75) is 52.2 Å². The van der Waals surface area contributed by atoms with Crippen LogP contribution in [-0.4, -0.2) is 40.2 Å². The molecule has 1 aliphatic rings. The Morgan fingerprint density at radius 1 is 1.12 bits per heavy atom. The van der Waals surface area contributed by atoms with E-state index < -0.39 is 5.69 Å². The fraction of sp³-hybridized carbons (Fsp3) is 0.478. The molecule has 9 nitrogen and oxygen atoms in total. The van der Waals surface area contributed by atoms with Gasteiger partial charge in [0.2, 0.25) is 5.91 Å². The van der Waals surface area contributed by atoms with Gasteiger partial charge in [0.1, 0.15) is 17.0 Å². The van der Waals surface area contributed by atoms with E-state index in [1.165, 1.54) is 26.9 Å². The Labute approximate surface area is 195 Å². The first-order valence-corrected chi connectivity index (χ1v) is 12.1. The Morgan fingerprint density at radius 3 is 2.52 bits per heavy atom. The van der Waals surface area contributed by atoms with E-state index in [1.807, 2.05) is 31.2 Å². The lowest BCUT2D eigenvalue weighted by molar-refractivity contribution is -0.121. The Morgan fingerprint density at radius 2 is 1.85 bits per heavy atom. The minimum Gasteiger partial charge on any atom is -0.497 e. The predicted octanol–water partition coefficient (Wildman–Crippen LogP) is 2.34. The number of aromatic nitrogens is 3. The molecule has 0 saturated carbocycles. The Balaban J connectivity index is 1.62. The zero-order valence-corrected chi connectivity index (χ0v) is 19.8. The molecule has 0 bridgehead atoms. The highest BCUT2D eigenvalue weighted by molar-refractivity contribution is 7.22. The zero-order valence-electron chi connectivity index (χ0n) is 19.0. The lowest BCUT2D eigenvalue weighted by Gasteiger charge is -2.25. The molecule has 3 heterocycles. The van der Waals surface area contributed by atoms with Gasteiger partial charge in [-0.25, -0.2) is 9.78 Å². The predicted molar refractivity (Wildman–Crippen MR) is 129 cm³/mol. The van der Waals surface area contributed by atoms with Crippen molar-refractivity contribution >= 4 is 32.7 Å². The molecule has 1 amide bonds. The highest BCUT2D eigenvalue weighted by Gasteiger charge is 2.22. The normalized spacial score (nSPS) is 13.9. The molecule has 2 aromatic heterocycles. The van der Waals surface area contributed by atoms with Crippen molar-refractivity contribution in [3.05, 3.63) is 50.7 Å².